The first-order valence-corrected chi connectivity index (χ1v) is 13.0. The van der Waals surface area contributed by atoms with Gasteiger partial charge < -0.3 is 26.2 Å². The second-order valence-corrected chi connectivity index (χ2v) is 10.2. The molecular weight excluding hydrogens is 462 g/mol. The van der Waals surface area contributed by atoms with Crippen molar-refractivity contribution in [3.63, 3.8) is 0 Å². The molecule has 4 atom stereocenters. The van der Waals surface area contributed by atoms with Crippen molar-refractivity contribution in [2.24, 2.45) is 0 Å². The van der Waals surface area contributed by atoms with Crippen LogP contribution < -0.4 is 26.2 Å². The van der Waals surface area contributed by atoms with Crippen molar-refractivity contribution in [3.8, 4) is 0 Å². The fourth-order valence-electron chi connectivity index (χ4n) is 5.31. The lowest BCUT2D eigenvalue weighted by molar-refractivity contribution is 0.0934. The molecule has 192 valence electrons. The molecule has 0 aromatic heterocycles. The van der Waals surface area contributed by atoms with Gasteiger partial charge in [0.15, 0.2) is 0 Å². The highest BCUT2D eigenvalue weighted by molar-refractivity contribution is 5.96. The van der Waals surface area contributed by atoms with Crippen molar-refractivity contribution in [1.29, 1.82) is 0 Å². The van der Waals surface area contributed by atoms with Crippen LogP contribution in [0.4, 0.5) is 11.4 Å². The minimum atomic E-state index is -0.212. The predicted molar refractivity (Wildman–Crippen MR) is 148 cm³/mol. The highest BCUT2D eigenvalue weighted by Crippen LogP contribution is 2.31. The average molecular weight is 498 g/mol. The molecule has 4 unspecified atom stereocenters. The van der Waals surface area contributed by atoms with Crippen molar-refractivity contribution in [3.05, 3.63) is 95.1 Å². The summed E-state index contributed by atoms with van der Waals surface area (Å²) >= 11 is 0. The maximum absolute atomic E-state index is 13.1. The molecule has 2 heterocycles. The highest BCUT2D eigenvalue weighted by Gasteiger charge is 2.26. The molecule has 4 N–H and O–H groups in total. The van der Waals surface area contributed by atoms with E-state index in [9.17, 15) is 9.59 Å². The molecule has 0 saturated carbocycles. The number of fused-ring (bicyclic) bond motifs is 1. The number of rotatable bonds is 6. The van der Waals surface area contributed by atoms with Crippen molar-refractivity contribution >= 4 is 23.2 Å². The molecule has 1 saturated heterocycles. The van der Waals surface area contributed by atoms with Crippen molar-refractivity contribution in [2.45, 2.75) is 44.9 Å². The normalized spacial score (nSPS) is 21.5. The third kappa shape index (κ3) is 5.62. The van der Waals surface area contributed by atoms with E-state index in [1.54, 1.807) is 0 Å². The number of nitrogens with one attached hydrogen (secondary N) is 4. The summed E-state index contributed by atoms with van der Waals surface area (Å²) in [6.45, 7) is 8.83. The lowest BCUT2D eigenvalue weighted by Crippen LogP contribution is -2.54. The molecule has 37 heavy (non-hydrogen) atoms. The minimum Gasteiger partial charge on any atom is -0.382 e. The van der Waals surface area contributed by atoms with Gasteiger partial charge in [0.05, 0.1) is 12.1 Å². The molecule has 1 fully saturated rings. The predicted octanol–water partition coefficient (Wildman–Crippen LogP) is 4.26. The summed E-state index contributed by atoms with van der Waals surface area (Å²) in [6.07, 6.45) is 0. The molecule has 0 bridgehead atoms. The first-order valence-electron chi connectivity index (χ1n) is 13.0. The van der Waals surface area contributed by atoms with Crippen LogP contribution in [0.15, 0.2) is 72.8 Å². The molecule has 2 aliphatic heterocycles. The molecule has 0 aliphatic carbocycles. The topological polar surface area (TPSA) is 85.5 Å². The van der Waals surface area contributed by atoms with Crippen LogP contribution in [0.5, 0.6) is 0 Å². The lowest BCUT2D eigenvalue weighted by Gasteiger charge is -2.37. The Morgan fingerprint density at radius 1 is 0.892 bits per heavy atom. The summed E-state index contributed by atoms with van der Waals surface area (Å²) in [7, 11) is 0. The Hall–Kier alpha value is -3.84. The number of hydrogen-bond acceptors (Lipinski definition) is 5. The van der Waals surface area contributed by atoms with Crippen LogP contribution in [0.25, 0.3) is 0 Å². The number of amides is 2. The van der Waals surface area contributed by atoms with Crippen LogP contribution in [0.2, 0.25) is 0 Å². The van der Waals surface area contributed by atoms with Gasteiger partial charge in [-0.15, -0.1) is 0 Å². The zero-order valence-corrected chi connectivity index (χ0v) is 21.6. The average Bonchev–Trinajstić information content (AvgIpc) is 3.30. The second kappa shape index (κ2) is 10.6. The Kier molecular flexibility index (Phi) is 7.15. The SMILES string of the molecule is CC1CN(c2ccc(C(=O)NC3CNc4ccc(C(=O)NC(C)c5ccccc5)cc43)cc2)CC(C)N1. The number of hydrogen-bond donors (Lipinski definition) is 4. The summed E-state index contributed by atoms with van der Waals surface area (Å²) in [5, 5.41) is 13.1. The van der Waals surface area contributed by atoms with Gasteiger partial charge in [0.25, 0.3) is 11.8 Å². The summed E-state index contributed by atoms with van der Waals surface area (Å²) in [6, 6.07) is 23.9. The molecule has 0 spiro atoms. The van der Waals surface area contributed by atoms with Gasteiger partial charge >= 0.3 is 0 Å². The third-order valence-corrected chi connectivity index (χ3v) is 7.19. The van der Waals surface area contributed by atoms with Crippen LogP contribution in [0.3, 0.4) is 0 Å². The van der Waals surface area contributed by atoms with Gasteiger partial charge in [0.2, 0.25) is 0 Å². The van der Waals surface area contributed by atoms with E-state index in [1.165, 1.54) is 0 Å². The quantitative estimate of drug-likeness (QED) is 0.409. The Morgan fingerprint density at radius 2 is 1.57 bits per heavy atom. The molecule has 7 nitrogen and oxygen atoms in total. The molecule has 2 amide bonds. The smallest absolute Gasteiger partial charge is 0.251 e. The van der Waals surface area contributed by atoms with E-state index < -0.39 is 0 Å². The Labute approximate surface area is 218 Å². The maximum atomic E-state index is 13.1. The molecule has 0 radical (unpaired) electrons. The number of anilines is 2. The molecule has 7 heteroatoms. The molecule has 3 aromatic carbocycles. The first-order chi connectivity index (χ1) is 17.9. The van der Waals surface area contributed by atoms with Crippen molar-refractivity contribution in [2.75, 3.05) is 29.9 Å². The van der Waals surface area contributed by atoms with Gasteiger partial charge in [-0.3, -0.25) is 9.59 Å². The largest absolute Gasteiger partial charge is 0.382 e. The fraction of sp³-hybridized carbons (Fsp3) is 0.333. The standard InChI is InChI=1S/C30H35N5O2/c1-19-17-35(18-20(2)32-19)25-12-9-23(10-13-25)29(36)34-28-16-31-27-14-11-24(15-26(27)28)30(37)33-21(3)22-7-5-4-6-8-22/h4-15,19-21,28,31-32H,16-18H2,1-3H3,(H,33,37)(H,34,36). The highest BCUT2D eigenvalue weighted by atomic mass is 16.2. The third-order valence-electron chi connectivity index (χ3n) is 7.19. The van der Waals surface area contributed by atoms with Gasteiger partial charge in [0.1, 0.15) is 0 Å². The fourth-order valence-corrected chi connectivity index (χ4v) is 5.31. The number of piperazine rings is 1. The first kappa shape index (κ1) is 24.8. The van der Waals surface area contributed by atoms with Gasteiger partial charge in [-0.05, 0) is 68.8 Å². The Morgan fingerprint density at radius 3 is 2.27 bits per heavy atom. The van der Waals surface area contributed by atoms with Gasteiger partial charge in [0, 0.05) is 59.8 Å². The lowest BCUT2D eigenvalue weighted by atomic mass is 10.0. The van der Waals surface area contributed by atoms with E-state index in [-0.39, 0.29) is 23.9 Å². The molecule has 3 aromatic rings. The summed E-state index contributed by atoms with van der Waals surface area (Å²) in [5.41, 5.74) is 5.25. The van der Waals surface area contributed by atoms with Gasteiger partial charge in [-0.25, -0.2) is 0 Å². The van der Waals surface area contributed by atoms with Crippen molar-refractivity contribution in [1.82, 2.24) is 16.0 Å². The molecule has 5 rings (SSSR count). The monoisotopic (exact) mass is 497 g/mol. The van der Waals surface area contributed by atoms with Gasteiger partial charge in [-0.2, -0.15) is 0 Å². The van der Waals surface area contributed by atoms with E-state index in [0.29, 0.717) is 29.8 Å². The van der Waals surface area contributed by atoms with E-state index in [2.05, 4.69) is 40.0 Å². The van der Waals surface area contributed by atoms with E-state index >= 15 is 0 Å². The summed E-state index contributed by atoms with van der Waals surface area (Å²) in [5.74, 6) is -0.260. The van der Waals surface area contributed by atoms with Crippen LogP contribution in [-0.2, 0) is 0 Å². The zero-order chi connectivity index (χ0) is 25.9. The van der Waals surface area contributed by atoms with Crippen molar-refractivity contribution < 1.29 is 9.59 Å². The van der Waals surface area contributed by atoms with E-state index in [4.69, 9.17) is 0 Å². The summed E-state index contributed by atoms with van der Waals surface area (Å²) in [4.78, 5) is 28.4. The molecular formula is C30H35N5O2. The number of carbonyl (C=O) groups is 2. The minimum absolute atomic E-state index is 0.105. The maximum Gasteiger partial charge on any atom is 0.251 e. The van der Waals surface area contributed by atoms with Crippen LogP contribution in [0, 0.1) is 0 Å². The molecule has 2 aliphatic rings. The zero-order valence-electron chi connectivity index (χ0n) is 21.6. The van der Waals surface area contributed by atoms with E-state index in [1.807, 2.05) is 79.7 Å². The van der Waals surface area contributed by atoms with Crippen LogP contribution >= 0.6 is 0 Å². The Balaban J connectivity index is 1.24. The van der Waals surface area contributed by atoms with Crippen LogP contribution in [-0.4, -0.2) is 43.5 Å². The van der Waals surface area contributed by atoms with Crippen LogP contribution in [0.1, 0.15) is 64.7 Å². The number of nitrogens with zero attached hydrogens (tertiary/aromatic N) is 1. The summed E-state index contributed by atoms with van der Waals surface area (Å²) < 4.78 is 0. The number of carbonyl (C=O) groups excluding carboxylic acids is 2. The van der Waals surface area contributed by atoms with E-state index in [0.717, 1.165) is 35.6 Å². The van der Waals surface area contributed by atoms with Gasteiger partial charge in [-0.1, -0.05) is 30.3 Å². The second-order valence-electron chi connectivity index (χ2n) is 10.2. The Bertz CT molecular complexity index is 1250. The number of benzene rings is 3.